The second-order valence-electron chi connectivity index (χ2n) is 5.57. The minimum atomic E-state index is -0.258. The summed E-state index contributed by atoms with van der Waals surface area (Å²) in [6, 6.07) is 6.73. The first-order chi connectivity index (χ1) is 11.5. The highest BCUT2D eigenvalue weighted by atomic mass is 35.5. The van der Waals surface area contributed by atoms with Gasteiger partial charge < -0.3 is 14.2 Å². The number of nitrogens with zero attached hydrogens (tertiary/aromatic N) is 4. The molecule has 1 aromatic carbocycles. The van der Waals surface area contributed by atoms with Gasteiger partial charge in [0.05, 0.1) is 12.6 Å². The number of halogens is 2. The Labute approximate surface area is 144 Å². The van der Waals surface area contributed by atoms with Crippen molar-refractivity contribution in [1.82, 2.24) is 14.5 Å². The molecule has 0 unspecified atom stereocenters. The van der Waals surface area contributed by atoms with Crippen LogP contribution in [0.4, 0.5) is 10.2 Å². The number of hydrogen-bond acceptors (Lipinski definition) is 4. The Morgan fingerprint density at radius 2 is 2.08 bits per heavy atom. The molecular weight excluding hydrogens is 331 g/mol. The Morgan fingerprint density at radius 3 is 2.79 bits per heavy atom. The van der Waals surface area contributed by atoms with Crippen molar-refractivity contribution in [3.63, 3.8) is 0 Å². The van der Waals surface area contributed by atoms with E-state index in [0.29, 0.717) is 29.5 Å². The van der Waals surface area contributed by atoms with Crippen molar-refractivity contribution in [2.75, 3.05) is 25.6 Å². The highest BCUT2D eigenvalue weighted by Crippen LogP contribution is 2.30. The molecule has 0 saturated heterocycles. The van der Waals surface area contributed by atoms with E-state index in [-0.39, 0.29) is 5.82 Å². The first-order valence-electron chi connectivity index (χ1n) is 7.52. The van der Waals surface area contributed by atoms with E-state index in [0.717, 1.165) is 16.9 Å². The van der Waals surface area contributed by atoms with Gasteiger partial charge in [0.15, 0.2) is 0 Å². The van der Waals surface area contributed by atoms with Gasteiger partial charge in [-0.25, -0.2) is 14.4 Å². The van der Waals surface area contributed by atoms with Gasteiger partial charge in [-0.3, -0.25) is 0 Å². The van der Waals surface area contributed by atoms with Crippen LogP contribution in [0.2, 0.25) is 5.15 Å². The molecule has 0 spiro atoms. The van der Waals surface area contributed by atoms with E-state index < -0.39 is 0 Å². The Kier molecular flexibility index (Phi) is 4.57. The van der Waals surface area contributed by atoms with E-state index in [4.69, 9.17) is 16.3 Å². The average Bonchev–Trinajstić information content (AvgIpc) is 2.90. The number of ether oxygens (including phenoxy) is 1. The Hall–Kier alpha value is -2.34. The van der Waals surface area contributed by atoms with Gasteiger partial charge in [-0.05, 0) is 25.1 Å². The number of fused-ring (bicyclic) bond motifs is 1. The molecule has 0 bridgehead atoms. The zero-order valence-corrected chi connectivity index (χ0v) is 14.5. The van der Waals surface area contributed by atoms with Gasteiger partial charge in [-0.2, -0.15) is 0 Å². The summed E-state index contributed by atoms with van der Waals surface area (Å²) in [6.07, 6.45) is 1.43. The fourth-order valence-corrected chi connectivity index (χ4v) is 2.94. The quantitative estimate of drug-likeness (QED) is 0.660. The van der Waals surface area contributed by atoms with Crippen molar-refractivity contribution >= 4 is 28.3 Å². The van der Waals surface area contributed by atoms with E-state index in [1.807, 2.05) is 29.5 Å². The maximum absolute atomic E-state index is 14.3. The molecule has 2 aromatic heterocycles. The maximum Gasteiger partial charge on any atom is 0.147 e. The number of anilines is 1. The van der Waals surface area contributed by atoms with Gasteiger partial charge in [-0.15, -0.1) is 0 Å². The zero-order chi connectivity index (χ0) is 17.3. The lowest BCUT2D eigenvalue weighted by Gasteiger charge is -2.19. The predicted octanol–water partition coefficient (Wildman–Crippen LogP) is 3.68. The van der Waals surface area contributed by atoms with Crippen LogP contribution in [0.15, 0.2) is 30.6 Å². The van der Waals surface area contributed by atoms with Crippen molar-refractivity contribution in [2.24, 2.45) is 0 Å². The fraction of sp³-hybridized carbons (Fsp3) is 0.294. The molecule has 3 rings (SSSR count). The Bertz CT molecular complexity index is 880. The number of rotatable bonds is 5. The first kappa shape index (κ1) is 16.5. The third-order valence-corrected chi connectivity index (χ3v) is 4.27. The monoisotopic (exact) mass is 348 g/mol. The van der Waals surface area contributed by atoms with E-state index in [2.05, 4.69) is 9.97 Å². The number of hydrogen-bond donors (Lipinski definition) is 0. The second-order valence-corrected chi connectivity index (χ2v) is 5.96. The molecule has 126 valence electrons. The van der Waals surface area contributed by atoms with Crippen LogP contribution in [0, 0.1) is 12.7 Å². The van der Waals surface area contributed by atoms with Crippen molar-refractivity contribution in [2.45, 2.75) is 13.5 Å². The molecule has 0 aliphatic heterocycles. The minimum Gasteiger partial charge on any atom is -0.496 e. The van der Waals surface area contributed by atoms with Crippen molar-refractivity contribution in [3.05, 3.63) is 47.3 Å². The molecule has 24 heavy (non-hydrogen) atoms. The van der Waals surface area contributed by atoms with Crippen molar-refractivity contribution in [3.8, 4) is 5.75 Å². The fourth-order valence-electron chi connectivity index (χ4n) is 2.80. The zero-order valence-electron chi connectivity index (χ0n) is 13.8. The SMILES string of the molecule is COc1ccc(F)c2c1cc(C)n2CCN(C)c1cc(Cl)ncn1. The number of aryl methyl sites for hydroxylation is 1. The summed E-state index contributed by atoms with van der Waals surface area (Å²) in [5, 5.41) is 1.17. The first-order valence-corrected chi connectivity index (χ1v) is 7.90. The van der Waals surface area contributed by atoms with Crippen LogP contribution in [-0.2, 0) is 6.54 Å². The summed E-state index contributed by atoms with van der Waals surface area (Å²) in [6.45, 7) is 3.21. The van der Waals surface area contributed by atoms with E-state index in [9.17, 15) is 4.39 Å². The standard InChI is InChI=1S/C17H18ClFN4O/c1-11-8-12-14(24-3)5-4-13(19)17(12)23(11)7-6-22(2)16-9-15(18)20-10-21-16/h4-5,8-10H,6-7H2,1-3H3. The van der Waals surface area contributed by atoms with Crippen LogP contribution in [0.3, 0.4) is 0 Å². The van der Waals surface area contributed by atoms with Crippen LogP contribution in [-0.4, -0.2) is 35.2 Å². The lowest BCUT2D eigenvalue weighted by atomic mass is 10.2. The largest absolute Gasteiger partial charge is 0.496 e. The van der Waals surface area contributed by atoms with Crippen LogP contribution < -0.4 is 9.64 Å². The van der Waals surface area contributed by atoms with Crippen LogP contribution >= 0.6 is 11.6 Å². The molecule has 0 amide bonds. The summed E-state index contributed by atoms with van der Waals surface area (Å²) in [5.41, 5.74) is 1.53. The molecule has 0 N–H and O–H groups in total. The van der Waals surface area contributed by atoms with Crippen LogP contribution in [0.5, 0.6) is 5.75 Å². The van der Waals surface area contributed by atoms with Gasteiger partial charge >= 0.3 is 0 Å². The maximum atomic E-state index is 14.3. The Morgan fingerprint density at radius 1 is 1.29 bits per heavy atom. The lowest BCUT2D eigenvalue weighted by molar-refractivity contribution is 0.419. The number of likely N-dealkylation sites (N-methyl/N-ethyl adjacent to an activating group) is 1. The second kappa shape index (κ2) is 6.65. The molecule has 0 aliphatic carbocycles. The predicted molar refractivity (Wildman–Crippen MR) is 93.5 cm³/mol. The summed E-state index contributed by atoms with van der Waals surface area (Å²) >= 11 is 5.90. The smallest absolute Gasteiger partial charge is 0.147 e. The van der Waals surface area contributed by atoms with Crippen molar-refractivity contribution in [1.29, 1.82) is 0 Å². The summed E-state index contributed by atoms with van der Waals surface area (Å²) < 4.78 is 21.6. The molecule has 3 aromatic rings. The van der Waals surface area contributed by atoms with Gasteiger partial charge in [0.2, 0.25) is 0 Å². The minimum absolute atomic E-state index is 0.258. The van der Waals surface area contributed by atoms with Crippen LogP contribution in [0.1, 0.15) is 5.69 Å². The summed E-state index contributed by atoms with van der Waals surface area (Å²) in [7, 11) is 3.50. The third kappa shape index (κ3) is 3.01. The van der Waals surface area contributed by atoms with Crippen molar-refractivity contribution < 1.29 is 9.13 Å². The highest BCUT2D eigenvalue weighted by Gasteiger charge is 2.15. The summed E-state index contributed by atoms with van der Waals surface area (Å²) in [4.78, 5) is 10.0. The lowest BCUT2D eigenvalue weighted by Crippen LogP contribution is -2.24. The van der Waals surface area contributed by atoms with Crippen LogP contribution in [0.25, 0.3) is 10.9 Å². The topological polar surface area (TPSA) is 43.2 Å². The molecule has 0 radical (unpaired) electrons. The molecular formula is C17H18ClFN4O. The number of methoxy groups -OCH3 is 1. The molecule has 0 atom stereocenters. The highest BCUT2D eigenvalue weighted by molar-refractivity contribution is 6.29. The van der Waals surface area contributed by atoms with E-state index in [1.165, 1.54) is 12.4 Å². The molecule has 0 saturated carbocycles. The average molecular weight is 349 g/mol. The molecule has 0 aliphatic rings. The van der Waals surface area contributed by atoms with Gasteiger partial charge in [0, 0.05) is 37.3 Å². The number of aromatic nitrogens is 3. The number of benzene rings is 1. The Balaban J connectivity index is 1.89. The molecule has 2 heterocycles. The van der Waals surface area contributed by atoms with Gasteiger partial charge in [0.1, 0.15) is 28.9 Å². The van der Waals surface area contributed by atoms with Gasteiger partial charge in [0.25, 0.3) is 0 Å². The molecule has 7 heteroatoms. The van der Waals surface area contributed by atoms with E-state index >= 15 is 0 Å². The van der Waals surface area contributed by atoms with E-state index in [1.54, 1.807) is 19.2 Å². The normalized spacial score (nSPS) is 11.0. The molecule has 0 fully saturated rings. The van der Waals surface area contributed by atoms with Gasteiger partial charge in [-0.1, -0.05) is 11.6 Å². The molecule has 5 nitrogen and oxygen atoms in total. The third-order valence-electron chi connectivity index (χ3n) is 4.07. The summed E-state index contributed by atoms with van der Waals surface area (Å²) in [5.74, 6) is 1.14.